The number of anilines is 2. The minimum absolute atomic E-state index is 0.0720. The van der Waals surface area contributed by atoms with E-state index < -0.39 is 9.84 Å². The number of rotatable bonds is 7. The van der Waals surface area contributed by atoms with Crippen LogP contribution in [0.4, 0.5) is 11.4 Å². The lowest BCUT2D eigenvalue weighted by Gasteiger charge is -2.13. The second-order valence-corrected chi connectivity index (χ2v) is 10.8. The number of nitrogens with one attached hydrogen (secondary N) is 1. The molecule has 3 aromatic carbocycles. The highest BCUT2D eigenvalue weighted by Crippen LogP contribution is 2.28. The van der Waals surface area contributed by atoms with Gasteiger partial charge in [-0.2, -0.15) is 5.10 Å². The predicted molar refractivity (Wildman–Crippen MR) is 136 cm³/mol. The van der Waals surface area contributed by atoms with E-state index in [-0.39, 0.29) is 17.2 Å². The molecule has 0 atom stereocenters. The summed E-state index contributed by atoms with van der Waals surface area (Å²) in [6.07, 6.45) is 2.95. The third-order valence-electron chi connectivity index (χ3n) is 5.40. The summed E-state index contributed by atoms with van der Waals surface area (Å²) in [6, 6.07) is 18.3. The van der Waals surface area contributed by atoms with Crippen LogP contribution in [0.15, 0.2) is 71.8 Å². The fraction of sp³-hybridized carbons (Fsp3) is 0.200. The smallest absolute Gasteiger partial charge is 0.228 e. The van der Waals surface area contributed by atoms with E-state index >= 15 is 0 Å². The van der Waals surface area contributed by atoms with Crippen molar-refractivity contribution in [2.75, 3.05) is 30.6 Å². The molecule has 7 nitrogen and oxygen atoms in total. The molecule has 0 unspecified atom stereocenters. The van der Waals surface area contributed by atoms with E-state index in [0.717, 1.165) is 17.5 Å². The maximum atomic E-state index is 12.6. The fourth-order valence-electron chi connectivity index (χ4n) is 3.74. The number of carbonyl (C=O) groups excluding carboxylic acids is 1. The van der Waals surface area contributed by atoms with Crippen molar-refractivity contribution < 1.29 is 13.2 Å². The first-order valence-corrected chi connectivity index (χ1v) is 12.9. The third kappa shape index (κ3) is 5.40. The molecule has 0 fully saturated rings. The molecular formula is C25H25ClN4O3S. The Labute approximate surface area is 203 Å². The first-order valence-electron chi connectivity index (χ1n) is 10.6. The third-order valence-corrected chi connectivity index (χ3v) is 6.90. The van der Waals surface area contributed by atoms with Gasteiger partial charge in [0.1, 0.15) is 0 Å². The average molecular weight is 497 g/mol. The molecule has 0 aliphatic heterocycles. The highest BCUT2D eigenvalue weighted by molar-refractivity contribution is 7.91. The van der Waals surface area contributed by atoms with Gasteiger partial charge in [-0.3, -0.25) is 9.48 Å². The standard InChI is InChI=1S/C25H25ClN4O3S/c1-29(2)20-9-6-7-17(11-20)15-30-16-21-23(28-30)13-19(14-24(21)34(3,32)33)27-25(31)12-18-8-4-5-10-22(18)26/h4-11,13-14,16H,12,15H2,1-3H3,(H,27,31). The van der Waals surface area contributed by atoms with Crippen molar-refractivity contribution >= 4 is 49.6 Å². The summed E-state index contributed by atoms with van der Waals surface area (Å²) in [5.74, 6) is -0.299. The van der Waals surface area contributed by atoms with Crippen molar-refractivity contribution in [2.24, 2.45) is 0 Å². The van der Waals surface area contributed by atoms with Crippen molar-refractivity contribution in [2.45, 2.75) is 17.9 Å². The largest absolute Gasteiger partial charge is 0.378 e. The zero-order valence-electron chi connectivity index (χ0n) is 19.1. The molecule has 0 aliphatic rings. The van der Waals surface area contributed by atoms with Gasteiger partial charge in [0.05, 0.1) is 23.4 Å². The summed E-state index contributed by atoms with van der Waals surface area (Å²) in [4.78, 5) is 14.7. The van der Waals surface area contributed by atoms with Gasteiger partial charge in [-0.25, -0.2) is 8.42 Å². The number of carbonyl (C=O) groups is 1. The lowest BCUT2D eigenvalue weighted by molar-refractivity contribution is -0.115. The molecule has 0 saturated heterocycles. The zero-order valence-corrected chi connectivity index (χ0v) is 20.7. The van der Waals surface area contributed by atoms with E-state index in [9.17, 15) is 13.2 Å². The molecular weight excluding hydrogens is 472 g/mol. The number of benzene rings is 3. The average Bonchev–Trinajstić information content (AvgIpc) is 3.16. The fourth-order valence-corrected chi connectivity index (χ4v) is 4.84. The molecule has 0 radical (unpaired) electrons. The van der Waals surface area contributed by atoms with Crippen LogP contribution >= 0.6 is 11.6 Å². The van der Waals surface area contributed by atoms with Gasteiger partial charge in [0.25, 0.3) is 0 Å². The highest BCUT2D eigenvalue weighted by Gasteiger charge is 2.18. The molecule has 34 heavy (non-hydrogen) atoms. The lowest BCUT2D eigenvalue weighted by Crippen LogP contribution is -2.15. The summed E-state index contributed by atoms with van der Waals surface area (Å²) in [5, 5.41) is 8.38. The number of halogens is 1. The van der Waals surface area contributed by atoms with Gasteiger partial charge >= 0.3 is 0 Å². The van der Waals surface area contributed by atoms with Crippen LogP contribution in [0.5, 0.6) is 0 Å². The van der Waals surface area contributed by atoms with Gasteiger partial charge < -0.3 is 10.2 Å². The molecule has 1 heterocycles. The van der Waals surface area contributed by atoms with Crippen LogP contribution in [-0.2, 0) is 27.6 Å². The van der Waals surface area contributed by atoms with Crippen LogP contribution in [0.3, 0.4) is 0 Å². The minimum Gasteiger partial charge on any atom is -0.378 e. The quantitative estimate of drug-likeness (QED) is 0.410. The van der Waals surface area contributed by atoms with Crippen LogP contribution in [0.2, 0.25) is 5.02 Å². The molecule has 4 aromatic rings. The van der Waals surface area contributed by atoms with E-state index in [0.29, 0.717) is 33.7 Å². The molecule has 1 N–H and O–H groups in total. The van der Waals surface area contributed by atoms with Crippen molar-refractivity contribution in [1.29, 1.82) is 0 Å². The Morgan fingerprint density at radius 3 is 2.56 bits per heavy atom. The summed E-state index contributed by atoms with van der Waals surface area (Å²) in [6.45, 7) is 0.480. The van der Waals surface area contributed by atoms with E-state index in [2.05, 4.69) is 16.5 Å². The number of sulfone groups is 1. The Hall–Kier alpha value is -3.36. The van der Waals surface area contributed by atoms with Crippen LogP contribution in [0, 0.1) is 0 Å². The van der Waals surface area contributed by atoms with Crippen LogP contribution in [0.1, 0.15) is 11.1 Å². The normalized spacial score (nSPS) is 11.5. The lowest BCUT2D eigenvalue weighted by atomic mass is 10.1. The van der Waals surface area contributed by atoms with Gasteiger partial charge in [-0.05, 0) is 41.5 Å². The Bertz CT molecular complexity index is 1480. The number of hydrogen-bond donors (Lipinski definition) is 1. The van der Waals surface area contributed by atoms with Crippen LogP contribution in [-0.4, -0.2) is 44.5 Å². The summed E-state index contributed by atoms with van der Waals surface area (Å²) < 4.78 is 26.8. The number of nitrogens with zero attached hydrogens (tertiary/aromatic N) is 3. The van der Waals surface area contributed by atoms with E-state index in [1.807, 2.05) is 43.3 Å². The van der Waals surface area contributed by atoms with E-state index in [4.69, 9.17) is 11.6 Å². The first-order chi connectivity index (χ1) is 16.1. The van der Waals surface area contributed by atoms with E-state index in [1.54, 1.807) is 35.1 Å². The summed E-state index contributed by atoms with van der Waals surface area (Å²) in [5.41, 5.74) is 3.64. The number of hydrogen-bond acceptors (Lipinski definition) is 5. The Kier molecular flexibility index (Phi) is 6.63. The number of aromatic nitrogens is 2. The SMILES string of the molecule is CN(C)c1cccc(Cn2cc3c(S(C)(=O)=O)cc(NC(=O)Cc4ccccc4Cl)cc3n2)c1. The highest BCUT2D eigenvalue weighted by atomic mass is 35.5. The molecule has 1 aromatic heterocycles. The van der Waals surface area contributed by atoms with E-state index in [1.165, 1.54) is 6.07 Å². The topological polar surface area (TPSA) is 84.3 Å². The second-order valence-electron chi connectivity index (χ2n) is 8.39. The molecule has 1 amide bonds. The van der Waals surface area contributed by atoms with Crippen molar-refractivity contribution in [3.8, 4) is 0 Å². The minimum atomic E-state index is -3.56. The predicted octanol–water partition coefficient (Wildman–Crippen LogP) is 4.39. The molecule has 176 valence electrons. The first kappa shape index (κ1) is 23.8. The van der Waals surface area contributed by atoms with Crippen LogP contribution in [0.25, 0.3) is 10.9 Å². The Morgan fingerprint density at radius 1 is 1.09 bits per heavy atom. The molecule has 9 heteroatoms. The molecule has 4 rings (SSSR count). The van der Waals surface area contributed by atoms with Crippen molar-refractivity contribution in [1.82, 2.24) is 9.78 Å². The molecule has 0 aliphatic carbocycles. The molecule has 0 spiro atoms. The van der Waals surface area contributed by atoms with Gasteiger partial charge in [0.15, 0.2) is 9.84 Å². The second kappa shape index (κ2) is 9.48. The van der Waals surface area contributed by atoms with Gasteiger partial charge in [-0.1, -0.05) is 41.9 Å². The number of amides is 1. The Morgan fingerprint density at radius 2 is 1.85 bits per heavy atom. The molecule has 0 saturated carbocycles. The van der Waals surface area contributed by atoms with Crippen molar-refractivity contribution in [3.05, 3.63) is 83.0 Å². The van der Waals surface area contributed by atoms with Gasteiger partial charge in [0.2, 0.25) is 5.91 Å². The molecule has 0 bridgehead atoms. The zero-order chi connectivity index (χ0) is 24.5. The van der Waals surface area contributed by atoms with Crippen LogP contribution < -0.4 is 10.2 Å². The summed E-state index contributed by atoms with van der Waals surface area (Å²) >= 11 is 6.16. The summed E-state index contributed by atoms with van der Waals surface area (Å²) in [7, 11) is 0.384. The maximum Gasteiger partial charge on any atom is 0.228 e. The Balaban J connectivity index is 1.65. The number of fused-ring (bicyclic) bond motifs is 1. The monoisotopic (exact) mass is 496 g/mol. The van der Waals surface area contributed by atoms with Crippen molar-refractivity contribution in [3.63, 3.8) is 0 Å². The maximum absolute atomic E-state index is 12.6. The van der Waals surface area contributed by atoms with Gasteiger partial charge in [-0.15, -0.1) is 0 Å². The van der Waals surface area contributed by atoms with Gasteiger partial charge in [0, 0.05) is 48.3 Å².